The van der Waals surface area contributed by atoms with Gasteiger partial charge in [0.05, 0.1) is 12.9 Å². The minimum Gasteiger partial charge on any atom is -0.497 e. The quantitative estimate of drug-likeness (QED) is 0.561. The Hall–Kier alpha value is -2.48. The van der Waals surface area contributed by atoms with Crippen LogP contribution in [0.1, 0.15) is 5.56 Å². The molecule has 1 aromatic heterocycles. The summed E-state index contributed by atoms with van der Waals surface area (Å²) in [4.78, 5) is 11.9. The fourth-order valence-electron chi connectivity index (χ4n) is 1.83. The first-order chi connectivity index (χ1) is 11.1. The number of aromatic nitrogens is 3. The van der Waals surface area contributed by atoms with Crippen molar-refractivity contribution in [3.8, 4) is 5.75 Å². The molecule has 1 heterocycles. The molecule has 0 aliphatic rings. The van der Waals surface area contributed by atoms with E-state index < -0.39 is 0 Å². The Morgan fingerprint density at radius 1 is 1.43 bits per heavy atom. The summed E-state index contributed by atoms with van der Waals surface area (Å²) < 4.78 is 6.80. The first-order valence-electron chi connectivity index (χ1n) is 6.96. The van der Waals surface area contributed by atoms with Crippen LogP contribution in [0.2, 0.25) is 0 Å². The molecule has 0 saturated carbocycles. The van der Waals surface area contributed by atoms with Crippen molar-refractivity contribution in [1.29, 1.82) is 0 Å². The summed E-state index contributed by atoms with van der Waals surface area (Å²) in [6.07, 6.45) is 1.70. The monoisotopic (exact) mass is 333 g/mol. The average Bonchev–Trinajstić information content (AvgIpc) is 2.92. The Bertz CT molecular complexity index is 669. The summed E-state index contributed by atoms with van der Waals surface area (Å²) in [6, 6.07) is 7.54. The number of methoxy groups -OCH3 is 1. The number of carbonyl (C=O) groups is 1. The molecule has 8 heteroatoms. The Labute approximate surface area is 138 Å². The van der Waals surface area contributed by atoms with Crippen molar-refractivity contribution < 1.29 is 9.53 Å². The second-order valence-corrected chi connectivity index (χ2v) is 5.60. The number of nitrogens with two attached hydrogens (primary N) is 1. The molecule has 0 unspecified atom stereocenters. The third-order valence-corrected chi connectivity index (χ3v) is 4.00. The smallest absolute Gasteiger partial charge is 0.230 e. The van der Waals surface area contributed by atoms with Gasteiger partial charge < -0.3 is 15.8 Å². The highest BCUT2D eigenvalue weighted by Gasteiger charge is 2.11. The van der Waals surface area contributed by atoms with Crippen LogP contribution in [0.5, 0.6) is 5.75 Å². The number of amides is 1. The predicted molar refractivity (Wildman–Crippen MR) is 90.2 cm³/mol. The Morgan fingerprint density at radius 3 is 2.83 bits per heavy atom. The zero-order valence-corrected chi connectivity index (χ0v) is 13.7. The first kappa shape index (κ1) is 16.9. The third kappa shape index (κ3) is 4.75. The van der Waals surface area contributed by atoms with Crippen LogP contribution in [-0.2, 0) is 17.9 Å². The lowest BCUT2D eigenvalue weighted by Crippen LogP contribution is -2.24. The summed E-state index contributed by atoms with van der Waals surface area (Å²) in [5.74, 6) is 1.25. The summed E-state index contributed by atoms with van der Waals surface area (Å²) in [5.41, 5.74) is 6.71. The highest BCUT2D eigenvalue weighted by atomic mass is 32.2. The lowest BCUT2D eigenvalue weighted by atomic mass is 10.2. The van der Waals surface area contributed by atoms with E-state index in [1.54, 1.807) is 17.8 Å². The maximum absolute atomic E-state index is 11.9. The van der Waals surface area contributed by atoms with E-state index in [9.17, 15) is 4.79 Å². The molecule has 1 aromatic carbocycles. The molecule has 1 amide bonds. The highest BCUT2D eigenvalue weighted by Crippen LogP contribution is 2.18. The molecule has 0 saturated heterocycles. The van der Waals surface area contributed by atoms with Gasteiger partial charge in [0, 0.05) is 13.1 Å². The zero-order valence-electron chi connectivity index (χ0n) is 12.9. The molecular formula is C15H19N5O2S. The van der Waals surface area contributed by atoms with E-state index in [4.69, 9.17) is 10.5 Å². The summed E-state index contributed by atoms with van der Waals surface area (Å²) >= 11 is 1.29. The summed E-state index contributed by atoms with van der Waals surface area (Å²) in [6.45, 7) is 4.63. The van der Waals surface area contributed by atoms with Crippen molar-refractivity contribution in [1.82, 2.24) is 20.1 Å². The summed E-state index contributed by atoms with van der Waals surface area (Å²) in [7, 11) is 1.62. The molecule has 0 radical (unpaired) electrons. The van der Waals surface area contributed by atoms with Crippen LogP contribution in [0.4, 0.5) is 5.95 Å². The fraction of sp³-hybridized carbons (Fsp3) is 0.267. The van der Waals surface area contributed by atoms with E-state index in [0.29, 0.717) is 24.2 Å². The van der Waals surface area contributed by atoms with Gasteiger partial charge in [0.2, 0.25) is 11.9 Å². The van der Waals surface area contributed by atoms with Gasteiger partial charge in [0.15, 0.2) is 5.16 Å². The van der Waals surface area contributed by atoms with Crippen molar-refractivity contribution in [2.45, 2.75) is 18.2 Å². The van der Waals surface area contributed by atoms with Crippen molar-refractivity contribution in [2.75, 3.05) is 18.6 Å². The Balaban J connectivity index is 1.82. The van der Waals surface area contributed by atoms with Gasteiger partial charge in [-0.15, -0.1) is 16.8 Å². The zero-order chi connectivity index (χ0) is 16.7. The molecule has 0 atom stereocenters. The van der Waals surface area contributed by atoms with Crippen molar-refractivity contribution in [2.24, 2.45) is 0 Å². The van der Waals surface area contributed by atoms with Gasteiger partial charge in [-0.1, -0.05) is 30.0 Å². The first-order valence-corrected chi connectivity index (χ1v) is 7.94. The molecular weight excluding hydrogens is 314 g/mol. The lowest BCUT2D eigenvalue weighted by molar-refractivity contribution is -0.118. The number of hydrogen-bond acceptors (Lipinski definition) is 6. The van der Waals surface area contributed by atoms with Crippen LogP contribution in [0.15, 0.2) is 42.1 Å². The molecule has 3 N–H and O–H groups in total. The number of thioether (sulfide) groups is 1. The van der Waals surface area contributed by atoms with Crippen molar-refractivity contribution in [3.05, 3.63) is 42.5 Å². The molecule has 0 fully saturated rings. The molecule has 7 nitrogen and oxygen atoms in total. The van der Waals surface area contributed by atoms with Gasteiger partial charge >= 0.3 is 0 Å². The molecule has 0 bridgehead atoms. The number of rotatable bonds is 8. The highest BCUT2D eigenvalue weighted by molar-refractivity contribution is 7.99. The number of anilines is 1. The normalized spacial score (nSPS) is 10.3. The van der Waals surface area contributed by atoms with Crippen LogP contribution in [-0.4, -0.2) is 33.5 Å². The van der Waals surface area contributed by atoms with E-state index in [1.165, 1.54) is 11.8 Å². The minimum absolute atomic E-state index is 0.0856. The van der Waals surface area contributed by atoms with Crippen LogP contribution >= 0.6 is 11.8 Å². The van der Waals surface area contributed by atoms with Crippen molar-refractivity contribution >= 4 is 23.6 Å². The molecule has 0 spiro atoms. The van der Waals surface area contributed by atoms with Crippen LogP contribution in [0.25, 0.3) is 0 Å². The maximum atomic E-state index is 11.9. The summed E-state index contributed by atoms with van der Waals surface area (Å²) in [5, 5.41) is 11.2. The number of nitrogens with zero attached hydrogens (tertiary/aromatic N) is 3. The van der Waals surface area contributed by atoms with Gasteiger partial charge in [-0.2, -0.15) is 0 Å². The van der Waals surface area contributed by atoms with Gasteiger partial charge in [0.25, 0.3) is 0 Å². The third-order valence-electron chi connectivity index (χ3n) is 3.04. The molecule has 2 aromatic rings. The molecule has 0 aliphatic carbocycles. The van der Waals surface area contributed by atoms with E-state index in [-0.39, 0.29) is 11.7 Å². The number of ether oxygens (including phenoxy) is 1. The van der Waals surface area contributed by atoms with Gasteiger partial charge in [-0.05, 0) is 17.7 Å². The van der Waals surface area contributed by atoms with Crippen molar-refractivity contribution in [3.63, 3.8) is 0 Å². The van der Waals surface area contributed by atoms with E-state index in [1.807, 2.05) is 24.3 Å². The fourth-order valence-corrected chi connectivity index (χ4v) is 2.62. The maximum Gasteiger partial charge on any atom is 0.230 e. The topological polar surface area (TPSA) is 95.1 Å². The average molecular weight is 333 g/mol. The van der Waals surface area contributed by atoms with Crippen LogP contribution in [0, 0.1) is 0 Å². The number of allylic oxidation sites excluding steroid dienone is 1. The molecule has 2 rings (SSSR count). The second kappa shape index (κ2) is 8.23. The number of nitrogen functional groups attached to an aromatic ring is 1. The molecule has 0 aliphatic heterocycles. The minimum atomic E-state index is -0.0856. The van der Waals surface area contributed by atoms with Gasteiger partial charge in [-0.25, -0.2) is 0 Å². The van der Waals surface area contributed by atoms with Crippen LogP contribution < -0.4 is 15.8 Å². The van der Waals surface area contributed by atoms with Gasteiger partial charge in [-0.3, -0.25) is 9.36 Å². The SMILES string of the molecule is C=CCn1c(N)nnc1SCC(=O)NCc1ccc(OC)cc1. The molecule has 122 valence electrons. The van der Waals surface area contributed by atoms with Gasteiger partial charge in [0.1, 0.15) is 5.75 Å². The number of hydrogen-bond donors (Lipinski definition) is 2. The predicted octanol–water partition coefficient (Wildman–Crippen LogP) is 1.46. The largest absolute Gasteiger partial charge is 0.497 e. The van der Waals surface area contributed by atoms with E-state index >= 15 is 0 Å². The lowest BCUT2D eigenvalue weighted by Gasteiger charge is -2.07. The van der Waals surface area contributed by atoms with E-state index in [0.717, 1.165) is 11.3 Å². The second-order valence-electron chi connectivity index (χ2n) is 4.65. The Kier molecular flexibility index (Phi) is 6.04. The van der Waals surface area contributed by atoms with Crippen LogP contribution in [0.3, 0.4) is 0 Å². The number of benzene rings is 1. The standard InChI is InChI=1S/C15H19N5O2S/c1-3-8-20-14(16)18-19-15(20)23-10-13(21)17-9-11-4-6-12(22-2)7-5-11/h3-7H,1,8-10H2,2H3,(H2,16,18)(H,17,21). The van der Waals surface area contributed by atoms with E-state index in [2.05, 4.69) is 22.1 Å². The molecule has 23 heavy (non-hydrogen) atoms. The Morgan fingerprint density at radius 2 is 2.17 bits per heavy atom. The number of nitrogens with one attached hydrogen (secondary N) is 1. The number of carbonyl (C=O) groups excluding carboxylic acids is 1.